The number of aliphatic carboxylic acids is 1. The molecule has 0 radical (unpaired) electrons. The highest BCUT2D eigenvalue weighted by atomic mass is 16.4. The van der Waals surface area contributed by atoms with E-state index < -0.39 is 23.3 Å². The van der Waals surface area contributed by atoms with Crippen LogP contribution in [0.5, 0.6) is 0 Å². The molecule has 0 aliphatic heterocycles. The fourth-order valence-electron chi connectivity index (χ4n) is 2.51. The van der Waals surface area contributed by atoms with Gasteiger partial charge < -0.3 is 20.2 Å². The van der Waals surface area contributed by atoms with Crippen molar-refractivity contribution >= 4 is 17.8 Å². The second kappa shape index (κ2) is 6.43. The average molecular weight is 294 g/mol. The molecule has 1 fully saturated rings. The zero-order valence-corrected chi connectivity index (χ0v) is 11.6. The third-order valence-corrected chi connectivity index (χ3v) is 3.65. The Hall–Kier alpha value is -2.31. The van der Waals surface area contributed by atoms with Gasteiger partial charge in [0.15, 0.2) is 5.76 Å². The van der Waals surface area contributed by atoms with E-state index in [-0.39, 0.29) is 12.3 Å². The van der Waals surface area contributed by atoms with E-state index in [2.05, 4.69) is 10.6 Å². The van der Waals surface area contributed by atoms with Gasteiger partial charge in [-0.05, 0) is 25.0 Å². The van der Waals surface area contributed by atoms with Gasteiger partial charge in [-0.3, -0.25) is 9.59 Å². The molecule has 1 heterocycles. The fourth-order valence-corrected chi connectivity index (χ4v) is 2.51. The SMILES string of the molecule is O=C(CNC(=O)c1ccco1)NC1(C(=O)O)CCCCC1. The Kier molecular flexibility index (Phi) is 4.62. The summed E-state index contributed by atoms with van der Waals surface area (Å²) in [7, 11) is 0. The van der Waals surface area contributed by atoms with Gasteiger partial charge in [-0.25, -0.2) is 4.79 Å². The standard InChI is InChI=1S/C14H18N2O5/c17-11(9-15-12(18)10-5-4-8-21-10)16-14(13(19)20)6-2-1-3-7-14/h4-5,8H,1-3,6-7,9H2,(H,15,18)(H,16,17)(H,19,20). The molecule has 114 valence electrons. The molecule has 3 N–H and O–H groups in total. The Morgan fingerprint density at radius 1 is 1.24 bits per heavy atom. The van der Waals surface area contributed by atoms with Crippen molar-refractivity contribution in [3.63, 3.8) is 0 Å². The average Bonchev–Trinajstić information content (AvgIpc) is 3.00. The maximum atomic E-state index is 11.9. The normalized spacial score (nSPS) is 17.0. The Balaban J connectivity index is 1.88. The highest BCUT2D eigenvalue weighted by Crippen LogP contribution is 2.28. The van der Waals surface area contributed by atoms with Crippen molar-refractivity contribution < 1.29 is 23.9 Å². The van der Waals surface area contributed by atoms with Gasteiger partial charge in [0.05, 0.1) is 12.8 Å². The molecular formula is C14H18N2O5. The number of hydrogen-bond donors (Lipinski definition) is 3. The van der Waals surface area contributed by atoms with E-state index in [0.717, 1.165) is 19.3 Å². The minimum atomic E-state index is -1.20. The van der Waals surface area contributed by atoms with Crippen LogP contribution in [0, 0.1) is 0 Å². The minimum Gasteiger partial charge on any atom is -0.480 e. The first-order chi connectivity index (χ1) is 10.0. The van der Waals surface area contributed by atoms with Crippen LogP contribution in [0.1, 0.15) is 42.7 Å². The third-order valence-electron chi connectivity index (χ3n) is 3.65. The van der Waals surface area contributed by atoms with Crippen LogP contribution >= 0.6 is 0 Å². The van der Waals surface area contributed by atoms with Crippen LogP contribution in [-0.4, -0.2) is 35.0 Å². The van der Waals surface area contributed by atoms with E-state index in [0.29, 0.717) is 12.8 Å². The molecule has 0 bridgehead atoms. The van der Waals surface area contributed by atoms with Crippen molar-refractivity contribution in [2.24, 2.45) is 0 Å². The van der Waals surface area contributed by atoms with Gasteiger partial charge in [0, 0.05) is 0 Å². The lowest BCUT2D eigenvalue weighted by molar-refractivity contribution is -0.149. The van der Waals surface area contributed by atoms with Crippen molar-refractivity contribution in [3.8, 4) is 0 Å². The van der Waals surface area contributed by atoms with Crippen LogP contribution in [0.3, 0.4) is 0 Å². The molecule has 1 aromatic rings. The van der Waals surface area contributed by atoms with E-state index in [1.807, 2.05) is 0 Å². The molecule has 0 unspecified atom stereocenters. The maximum Gasteiger partial charge on any atom is 0.329 e. The summed E-state index contributed by atoms with van der Waals surface area (Å²) in [6.45, 7) is -0.283. The van der Waals surface area contributed by atoms with Gasteiger partial charge in [0.1, 0.15) is 5.54 Å². The summed E-state index contributed by atoms with van der Waals surface area (Å²) in [6.07, 6.45) is 4.70. The first-order valence-electron chi connectivity index (χ1n) is 6.90. The number of carboxylic acid groups (broad SMARTS) is 1. The number of carbonyl (C=O) groups is 3. The molecule has 0 spiro atoms. The second-order valence-electron chi connectivity index (χ2n) is 5.16. The zero-order valence-electron chi connectivity index (χ0n) is 11.6. The van der Waals surface area contributed by atoms with Gasteiger partial charge in [-0.15, -0.1) is 0 Å². The fraction of sp³-hybridized carbons (Fsp3) is 0.500. The molecule has 7 heteroatoms. The molecule has 1 aromatic heterocycles. The minimum absolute atomic E-state index is 0.105. The summed E-state index contributed by atoms with van der Waals surface area (Å²) < 4.78 is 4.90. The first-order valence-corrected chi connectivity index (χ1v) is 6.90. The maximum absolute atomic E-state index is 11.9. The Morgan fingerprint density at radius 3 is 2.52 bits per heavy atom. The molecule has 1 saturated carbocycles. The molecule has 0 saturated heterocycles. The molecular weight excluding hydrogens is 276 g/mol. The number of hydrogen-bond acceptors (Lipinski definition) is 4. The van der Waals surface area contributed by atoms with E-state index >= 15 is 0 Å². The summed E-state index contributed by atoms with van der Waals surface area (Å²) >= 11 is 0. The molecule has 1 aliphatic carbocycles. The monoisotopic (exact) mass is 294 g/mol. The second-order valence-corrected chi connectivity index (χ2v) is 5.16. The highest BCUT2D eigenvalue weighted by molar-refractivity contribution is 5.95. The van der Waals surface area contributed by atoms with E-state index in [4.69, 9.17) is 4.42 Å². The molecule has 21 heavy (non-hydrogen) atoms. The number of carboxylic acids is 1. The zero-order chi connectivity index (χ0) is 15.3. The topological polar surface area (TPSA) is 109 Å². The largest absolute Gasteiger partial charge is 0.480 e. The van der Waals surface area contributed by atoms with Crippen LogP contribution in [0.4, 0.5) is 0 Å². The van der Waals surface area contributed by atoms with Crippen molar-refractivity contribution in [2.45, 2.75) is 37.6 Å². The lowest BCUT2D eigenvalue weighted by atomic mass is 9.81. The number of nitrogens with one attached hydrogen (secondary N) is 2. The van der Waals surface area contributed by atoms with Gasteiger partial charge >= 0.3 is 5.97 Å². The predicted molar refractivity (Wildman–Crippen MR) is 72.6 cm³/mol. The quantitative estimate of drug-likeness (QED) is 0.748. The van der Waals surface area contributed by atoms with Crippen LogP contribution in [0.15, 0.2) is 22.8 Å². The van der Waals surface area contributed by atoms with Gasteiger partial charge in [-0.2, -0.15) is 0 Å². The Morgan fingerprint density at radius 2 is 1.95 bits per heavy atom. The van der Waals surface area contributed by atoms with E-state index in [1.165, 1.54) is 12.3 Å². The highest BCUT2D eigenvalue weighted by Gasteiger charge is 2.40. The molecule has 1 aliphatic rings. The lowest BCUT2D eigenvalue weighted by Gasteiger charge is -2.33. The van der Waals surface area contributed by atoms with Crippen LogP contribution in [-0.2, 0) is 9.59 Å². The van der Waals surface area contributed by atoms with Crippen LogP contribution in [0.2, 0.25) is 0 Å². The summed E-state index contributed by atoms with van der Waals surface area (Å²) in [5, 5.41) is 14.3. The van der Waals surface area contributed by atoms with Crippen molar-refractivity contribution in [3.05, 3.63) is 24.2 Å². The van der Waals surface area contributed by atoms with Crippen molar-refractivity contribution in [1.82, 2.24) is 10.6 Å². The molecule has 2 rings (SSSR count). The predicted octanol–water partition coefficient (Wildman–Crippen LogP) is 0.913. The van der Waals surface area contributed by atoms with Crippen molar-refractivity contribution in [2.75, 3.05) is 6.54 Å². The Labute approximate surface area is 121 Å². The molecule has 0 atom stereocenters. The number of carbonyl (C=O) groups excluding carboxylic acids is 2. The van der Waals surface area contributed by atoms with E-state index in [1.54, 1.807) is 6.07 Å². The van der Waals surface area contributed by atoms with Crippen LogP contribution < -0.4 is 10.6 Å². The summed E-state index contributed by atoms with van der Waals surface area (Å²) in [5.74, 6) is -1.94. The Bertz CT molecular complexity index is 517. The van der Waals surface area contributed by atoms with Gasteiger partial charge in [0.25, 0.3) is 5.91 Å². The van der Waals surface area contributed by atoms with E-state index in [9.17, 15) is 19.5 Å². The summed E-state index contributed by atoms with van der Waals surface area (Å²) in [6, 6.07) is 3.05. The molecule has 0 aromatic carbocycles. The van der Waals surface area contributed by atoms with Gasteiger partial charge in [-0.1, -0.05) is 19.3 Å². The number of amides is 2. The number of furan rings is 1. The smallest absolute Gasteiger partial charge is 0.329 e. The molecule has 2 amide bonds. The van der Waals surface area contributed by atoms with Crippen molar-refractivity contribution in [1.29, 1.82) is 0 Å². The number of rotatable bonds is 5. The lowest BCUT2D eigenvalue weighted by Crippen LogP contribution is -2.57. The third kappa shape index (κ3) is 3.62. The molecule has 7 nitrogen and oxygen atoms in total. The van der Waals surface area contributed by atoms with Crippen LogP contribution in [0.25, 0.3) is 0 Å². The van der Waals surface area contributed by atoms with Gasteiger partial charge in [0.2, 0.25) is 5.91 Å². The summed E-state index contributed by atoms with van der Waals surface area (Å²) in [4.78, 5) is 34.9. The first kappa shape index (κ1) is 15.1. The summed E-state index contributed by atoms with van der Waals surface area (Å²) in [5.41, 5.74) is -1.20.